The number of nitrogens with one attached hydrogen (secondary N) is 1. The topological polar surface area (TPSA) is 49.4 Å². The maximum atomic E-state index is 11.0. The largest absolute Gasteiger partial charge is 1.00 e. The van der Waals surface area contributed by atoms with E-state index in [1.165, 1.54) is 4.90 Å². The molecular weight excluding hydrogens is 183 g/mol. The van der Waals surface area contributed by atoms with Gasteiger partial charge in [-0.25, -0.2) is 0 Å². The van der Waals surface area contributed by atoms with Crippen molar-refractivity contribution in [1.82, 2.24) is 10.2 Å². The molecule has 0 bridgehead atoms. The second kappa shape index (κ2) is 6.09. The van der Waals surface area contributed by atoms with Crippen LogP contribution >= 0.6 is 0 Å². The Morgan fingerprint density at radius 1 is 1.67 bits per heavy atom. The third-order valence-corrected chi connectivity index (χ3v) is 1.60. The number of rotatable bonds is 1. The van der Waals surface area contributed by atoms with E-state index >= 15 is 0 Å². The first kappa shape index (κ1) is 12.6. The van der Waals surface area contributed by atoms with Crippen molar-refractivity contribution in [2.24, 2.45) is 0 Å². The number of piperazine rings is 1. The van der Waals surface area contributed by atoms with Crippen LogP contribution in [0.4, 0.5) is 0 Å². The van der Waals surface area contributed by atoms with E-state index in [-0.39, 0.29) is 76.2 Å². The van der Waals surface area contributed by atoms with Gasteiger partial charge in [0.2, 0.25) is 5.91 Å². The number of carbonyl (C=O) groups is 2. The van der Waals surface area contributed by atoms with Gasteiger partial charge in [0.05, 0.1) is 6.54 Å². The number of amides is 2. The predicted octanol–water partition coefficient (Wildman–Crippen LogP) is -3.83. The van der Waals surface area contributed by atoms with Crippen LogP contribution in [-0.2, 0) is 9.59 Å². The smallest absolute Gasteiger partial charge is 0.353 e. The molecule has 0 aromatic carbocycles. The Labute approximate surface area is 114 Å². The van der Waals surface area contributed by atoms with Gasteiger partial charge in [-0.15, -0.1) is 6.42 Å². The molecule has 0 unspecified atom stereocenters. The normalized spacial score (nSPS) is 16.4. The van der Waals surface area contributed by atoms with Crippen LogP contribution < -0.4 is 56.7 Å². The molecule has 0 aromatic heterocycles. The van der Waals surface area contributed by atoms with Crippen molar-refractivity contribution < 1.29 is 61.0 Å². The van der Waals surface area contributed by atoms with Crippen LogP contribution in [-0.4, -0.2) is 36.3 Å². The first-order valence-corrected chi connectivity index (χ1v) is 3.57. The molecule has 5 heteroatoms. The zero-order chi connectivity index (χ0) is 8.27. The zero-order valence-electron chi connectivity index (χ0n) is 7.30. The van der Waals surface area contributed by atoms with E-state index in [2.05, 4.69) is 12.2 Å². The number of carbonyl (C=O) groups excluding carboxylic acids is 2. The molecule has 1 rings (SSSR count). The van der Waals surface area contributed by atoms with Crippen LogP contribution in [0.15, 0.2) is 0 Å². The third-order valence-electron chi connectivity index (χ3n) is 1.60. The second-order valence-electron chi connectivity index (χ2n) is 2.42. The minimum Gasteiger partial charge on any atom is -0.353 e. The van der Waals surface area contributed by atoms with E-state index in [0.29, 0.717) is 13.1 Å². The first-order valence-electron chi connectivity index (χ1n) is 3.57. The Hall–Kier alpha value is 0.576. The standard InChI is InChI=1S/C7H11N2O2.K/c1-2-7(11)9-4-3-8-6(10)5-9;/h1-5H2,(H,8,10);/q-1;+1. The second-order valence-corrected chi connectivity index (χ2v) is 2.42. The molecule has 0 saturated carbocycles. The molecule has 1 fully saturated rings. The van der Waals surface area contributed by atoms with Crippen molar-refractivity contribution >= 4 is 11.8 Å². The monoisotopic (exact) mass is 194 g/mol. The van der Waals surface area contributed by atoms with Gasteiger partial charge in [-0.05, 0) is 0 Å². The molecule has 62 valence electrons. The summed E-state index contributed by atoms with van der Waals surface area (Å²) in [6.07, 6.45) is 0.229. The van der Waals surface area contributed by atoms with Gasteiger partial charge in [-0.3, -0.25) is 9.59 Å². The Morgan fingerprint density at radius 2 is 2.33 bits per heavy atom. The van der Waals surface area contributed by atoms with E-state index in [4.69, 9.17) is 0 Å². The summed E-state index contributed by atoms with van der Waals surface area (Å²) in [6, 6.07) is 0. The Morgan fingerprint density at radius 3 is 2.83 bits per heavy atom. The van der Waals surface area contributed by atoms with Crippen molar-refractivity contribution in [2.75, 3.05) is 19.6 Å². The third kappa shape index (κ3) is 3.53. The van der Waals surface area contributed by atoms with Crippen LogP contribution in [0.1, 0.15) is 6.42 Å². The minimum atomic E-state index is -0.0851. The molecule has 1 aliphatic rings. The molecule has 0 radical (unpaired) electrons. The molecule has 1 N–H and O–H groups in total. The predicted molar refractivity (Wildman–Crippen MR) is 39.6 cm³/mol. The number of nitrogens with zero attached hydrogens (tertiary/aromatic N) is 1. The van der Waals surface area contributed by atoms with E-state index in [9.17, 15) is 9.59 Å². The summed E-state index contributed by atoms with van der Waals surface area (Å²) in [6.45, 7) is 4.82. The summed E-state index contributed by atoms with van der Waals surface area (Å²) in [5.74, 6) is -0.141. The van der Waals surface area contributed by atoms with Gasteiger partial charge in [-0.1, -0.05) is 0 Å². The average Bonchev–Trinajstić information content (AvgIpc) is 2.03. The van der Waals surface area contributed by atoms with Gasteiger partial charge >= 0.3 is 51.4 Å². The fraction of sp³-hybridized carbons (Fsp3) is 0.571. The van der Waals surface area contributed by atoms with Gasteiger partial charge in [0.1, 0.15) is 0 Å². The van der Waals surface area contributed by atoms with Crippen molar-refractivity contribution in [2.45, 2.75) is 6.42 Å². The fourth-order valence-corrected chi connectivity index (χ4v) is 1.01. The van der Waals surface area contributed by atoms with Gasteiger partial charge < -0.3 is 17.1 Å². The summed E-state index contributed by atoms with van der Waals surface area (Å²) in [4.78, 5) is 23.3. The summed E-state index contributed by atoms with van der Waals surface area (Å²) in [7, 11) is 0. The maximum Gasteiger partial charge on any atom is 1.00 e. The van der Waals surface area contributed by atoms with Gasteiger partial charge in [-0.2, -0.15) is 0 Å². The van der Waals surface area contributed by atoms with E-state index in [0.717, 1.165) is 0 Å². The molecule has 2 amide bonds. The van der Waals surface area contributed by atoms with Gasteiger partial charge in [0.15, 0.2) is 5.91 Å². The molecule has 0 aliphatic carbocycles. The molecule has 1 saturated heterocycles. The van der Waals surface area contributed by atoms with Crippen molar-refractivity contribution in [1.29, 1.82) is 0 Å². The summed E-state index contributed by atoms with van der Waals surface area (Å²) in [5.41, 5.74) is 0. The molecule has 12 heavy (non-hydrogen) atoms. The van der Waals surface area contributed by atoms with Crippen molar-refractivity contribution in [3.8, 4) is 0 Å². The average molecular weight is 194 g/mol. The maximum absolute atomic E-state index is 11.0. The van der Waals surface area contributed by atoms with E-state index in [1.54, 1.807) is 0 Å². The van der Waals surface area contributed by atoms with Crippen LogP contribution in [0.2, 0.25) is 0 Å². The van der Waals surface area contributed by atoms with E-state index < -0.39 is 0 Å². The first-order chi connectivity index (χ1) is 5.24. The van der Waals surface area contributed by atoms with Crippen molar-refractivity contribution in [3.63, 3.8) is 0 Å². The van der Waals surface area contributed by atoms with Crippen LogP contribution in [0.25, 0.3) is 0 Å². The molecule has 1 heterocycles. The Bertz CT molecular complexity index is 184. The quantitative estimate of drug-likeness (QED) is 0.343. The Balaban J connectivity index is 0.00000121. The van der Waals surface area contributed by atoms with Crippen molar-refractivity contribution in [3.05, 3.63) is 6.92 Å². The van der Waals surface area contributed by atoms with Gasteiger partial charge in [0.25, 0.3) is 0 Å². The molecule has 0 spiro atoms. The molecule has 1 aliphatic heterocycles. The molecular formula is C7H11KN2O2. The summed E-state index contributed by atoms with van der Waals surface area (Å²) in [5, 5.41) is 2.64. The van der Waals surface area contributed by atoms with Gasteiger partial charge in [0, 0.05) is 13.1 Å². The minimum absolute atomic E-state index is 0. The van der Waals surface area contributed by atoms with Crippen LogP contribution in [0.3, 0.4) is 0 Å². The molecule has 0 atom stereocenters. The summed E-state index contributed by atoms with van der Waals surface area (Å²) < 4.78 is 0. The SMILES string of the molecule is [CH2-]CC(=O)N1CCNC(=O)C1.[K+]. The van der Waals surface area contributed by atoms with Crippen LogP contribution in [0.5, 0.6) is 0 Å². The van der Waals surface area contributed by atoms with Crippen LogP contribution in [0, 0.1) is 6.92 Å². The Kier molecular flexibility index (Phi) is 6.39. The molecule has 0 aromatic rings. The molecule has 4 nitrogen and oxygen atoms in total. The summed E-state index contributed by atoms with van der Waals surface area (Å²) >= 11 is 0. The number of hydrogen-bond acceptors (Lipinski definition) is 2. The van der Waals surface area contributed by atoms with E-state index in [1.807, 2.05) is 0 Å². The fourth-order valence-electron chi connectivity index (χ4n) is 1.01. The zero-order valence-corrected chi connectivity index (χ0v) is 10.4. The number of hydrogen-bond donors (Lipinski definition) is 1.